The van der Waals surface area contributed by atoms with Crippen LogP contribution in [0.3, 0.4) is 0 Å². The summed E-state index contributed by atoms with van der Waals surface area (Å²) in [5, 5.41) is 5.62. The van der Waals surface area contributed by atoms with Gasteiger partial charge in [-0.2, -0.15) is 0 Å². The van der Waals surface area contributed by atoms with Crippen molar-refractivity contribution in [2.45, 2.75) is 26.7 Å². The lowest BCUT2D eigenvalue weighted by Gasteiger charge is -2.19. The molecule has 1 saturated heterocycles. The summed E-state index contributed by atoms with van der Waals surface area (Å²) >= 11 is 0. The molecule has 0 spiro atoms. The topological polar surface area (TPSA) is 70.7 Å². The van der Waals surface area contributed by atoms with Gasteiger partial charge < -0.3 is 20.3 Å². The third-order valence-corrected chi connectivity index (χ3v) is 4.27. The second-order valence-electron chi connectivity index (χ2n) is 6.16. The summed E-state index contributed by atoms with van der Waals surface area (Å²) in [5.74, 6) is 0.748. The highest BCUT2D eigenvalue weighted by Gasteiger charge is 2.23. The van der Waals surface area contributed by atoms with Crippen molar-refractivity contribution in [3.63, 3.8) is 0 Å². The molecule has 0 bridgehead atoms. The summed E-state index contributed by atoms with van der Waals surface area (Å²) in [5.41, 5.74) is 3.10. The fourth-order valence-corrected chi connectivity index (χ4v) is 3.02. The number of nitrogens with one attached hydrogen (secondary N) is 2. The first-order chi connectivity index (χ1) is 12.6. The van der Waals surface area contributed by atoms with Crippen LogP contribution in [0.4, 0.5) is 21.9 Å². The molecule has 0 aromatic heterocycles. The molecule has 0 radical (unpaired) electrons. The number of anilines is 3. The van der Waals surface area contributed by atoms with Gasteiger partial charge in [0.25, 0.3) is 0 Å². The summed E-state index contributed by atoms with van der Waals surface area (Å²) in [7, 11) is 0. The molecule has 6 nitrogen and oxygen atoms in total. The smallest absolute Gasteiger partial charge is 0.323 e. The van der Waals surface area contributed by atoms with Crippen LogP contribution in [-0.2, 0) is 4.79 Å². The number of rotatable bonds is 5. The number of benzene rings is 2. The second kappa shape index (κ2) is 7.91. The van der Waals surface area contributed by atoms with E-state index < -0.39 is 0 Å². The number of nitrogens with zero attached hydrogens (tertiary/aromatic N) is 1. The molecule has 3 rings (SSSR count). The quantitative estimate of drug-likeness (QED) is 0.848. The molecular formula is C20H23N3O3. The molecule has 0 unspecified atom stereocenters. The standard InChI is InChI=1S/C20H23N3O3/c1-3-26-18-8-5-4-7-16(18)22-20(25)21-15-11-10-14(2)17(13-15)23-12-6-9-19(23)24/h4-5,7-8,10-11,13H,3,6,9,12H2,1-2H3,(H2,21,22,25). The first-order valence-corrected chi connectivity index (χ1v) is 8.79. The van der Waals surface area contributed by atoms with Crippen molar-refractivity contribution in [1.29, 1.82) is 0 Å². The zero-order valence-corrected chi connectivity index (χ0v) is 15.0. The third kappa shape index (κ3) is 3.96. The fraction of sp³-hybridized carbons (Fsp3) is 0.300. The molecule has 0 saturated carbocycles. The summed E-state index contributed by atoms with van der Waals surface area (Å²) in [6.07, 6.45) is 1.44. The van der Waals surface area contributed by atoms with E-state index in [9.17, 15) is 9.59 Å². The molecule has 136 valence electrons. The van der Waals surface area contributed by atoms with Gasteiger partial charge in [0.2, 0.25) is 5.91 Å². The van der Waals surface area contributed by atoms with Crippen LogP contribution in [0, 0.1) is 6.92 Å². The van der Waals surface area contributed by atoms with Gasteiger partial charge >= 0.3 is 6.03 Å². The number of amides is 3. The highest BCUT2D eigenvalue weighted by atomic mass is 16.5. The molecule has 0 atom stereocenters. The van der Waals surface area contributed by atoms with Crippen LogP contribution in [0.5, 0.6) is 5.75 Å². The molecule has 1 aliphatic rings. The Labute approximate surface area is 153 Å². The zero-order valence-electron chi connectivity index (χ0n) is 15.0. The van der Waals surface area contributed by atoms with Crippen molar-refractivity contribution in [2.24, 2.45) is 0 Å². The van der Waals surface area contributed by atoms with Gasteiger partial charge in [0.1, 0.15) is 5.75 Å². The van der Waals surface area contributed by atoms with Crippen molar-refractivity contribution in [2.75, 3.05) is 28.7 Å². The maximum atomic E-state index is 12.4. The molecule has 3 amide bonds. The SMILES string of the molecule is CCOc1ccccc1NC(=O)Nc1ccc(C)c(N2CCCC2=O)c1. The lowest BCUT2D eigenvalue weighted by atomic mass is 10.1. The number of carbonyl (C=O) groups excluding carboxylic acids is 2. The normalized spacial score (nSPS) is 13.6. The molecule has 0 aliphatic carbocycles. The minimum absolute atomic E-state index is 0.125. The lowest BCUT2D eigenvalue weighted by Crippen LogP contribution is -2.25. The van der Waals surface area contributed by atoms with E-state index in [4.69, 9.17) is 4.74 Å². The minimum atomic E-state index is -0.361. The van der Waals surface area contributed by atoms with Gasteiger partial charge in [-0.25, -0.2) is 4.79 Å². The first kappa shape index (κ1) is 17.8. The average molecular weight is 353 g/mol. The largest absolute Gasteiger partial charge is 0.492 e. The Morgan fingerprint density at radius 3 is 2.73 bits per heavy atom. The summed E-state index contributed by atoms with van der Waals surface area (Å²) in [6.45, 7) is 5.09. The minimum Gasteiger partial charge on any atom is -0.492 e. The summed E-state index contributed by atoms with van der Waals surface area (Å²) < 4.78 is 5.52. The number of ether oxygens (including phenoxy) is 1. The van der Waals surface area contributed by atoms with Crippen molar-refractivity contribution in [3.05, 3.63) is 48.0 Å². The molecule has 2 N–H and O–H groups in total. The lowest BCUT2D eigenvalue weighted by molar-refractivity contribution is -0.117. The van der Waals surface area contributed by atoms with E-state index in [1.165, 1.54) is 0 Å². The predicted molar refractivity (Wildman–Crippen MR) is 103 cm³/mol. The van der Waals surface area contributed by atoms with Gasteiger partial charge in [-0.15, -0.1) is 0 Å². The molecule has 1 heterocycles. The van der Waals surface area contributed by atoms with Crippen LogP contribution >= 0.6 is 0 Å². The molecule has 2 aromatic rings. The zero-order chi connectivity index (χ0) is 18.5. The van der Waals surface area contributed by atoms with Crippen LogP contribution < -0.4 is 20.3 Å². The Balaban J connectivity index is 1.73. The monoisotopic (exact) mass is 353 g/mol. The van der Waals surface area contributed by atoms with Gasteiger partial charge in [-0.3, -0.25) is 4.79 Å². The van der Waals surface area contributed by atoms with Crippen molar-refractivity contribution >= 4 is 29.0 Å². The predicted octanol–water partition coefficient (Wildman–Crippen LogP) is 4.16. The van der Waals surface area contributed by atoms with E-state index in [2.05, 4.69) is 10.6 Å². The van der Waals surface area contributed by atoms with Crippen LogP contribution in [0.2, 0.25) is 0 Å². The van der Waals surface area contributed by atoms with E-state index >= 15 is 0 Å². The van der Waals surface area contributed by atoms with Crippen molar-refractivity contribution in [3.8, 4) is 5.75 Å². The Morgan fingerprint density at radius 1 is 1.19 bits per heavy atom. The number of aryl methyl sites for hydroxylation is 1. The Hall–Kier alpha value is -3.02. The highest BCUT2D eigenvalue weighted by Crippen LogP contribution is 2.28. The third-order valence-electron chi connectivity index (χ3n) is 4.27. The van der Waals surface area contributed by atoms with Gasteiger partial charge in [0.15, 0.2) is 0 Å². The van der Waals surface area contributed by atoms with Crippen molar-refractivity contribution in [1.82, 2.24) is 0 Å². The van der Waals surface area contributed by atoms with Crippen molar-refractivity contribution < 1.29 is 14.3 Å². The fourth-order valence-electron chi connectivity index (χ4n) is 3.02. The van der Waals surface area contributed by atoms with Crippen LogP contribution in [0.15, 0.2) is 42.5 Å². The maximum Gasteiger partial charge on any atom is 0.323 e. The molecule has 6 heteroatoms. The molecule has 1 fully saturated rings. The van der Waals surface area contributed by atoms with Gasteiger partial charge in [0, 0.05) is 24.3 Å². The summed E-state index contributed by atoms with van der Waals surface area (Å²) in [4.78, 5) is 26.2. The molecular weight excluding hydrogens is 330 g/mol. The Bertz CT molecular complexity index is 820. The summed E-state index contributed by atoms with van der Waals surface area (Å²) in [6, 6.07) is 12.5. The van der Waals surface area contributed by atoms with Gasteiger partial charge in [-0.1, -0.05) is 18.2 Å². The second-order valence-corrected chi connectivity index (χ2v) is 6.16. The van der Waals surface area contributed by atoms with Crippen LogP contribution in [0.25, 0.3) is 0 Å². The molecule has 2 aromatic carbocycles. The van der Waals surface area contributed by atoms with Crippen LogP contribution in [-0.4, -0.2) is 25.1 Å². The Morgan fingerprint density at radius 2 is 2.00 bits per heavy atom. The Kier molecular flexibility index (Phi) is 5.41. The number of hydrogen-bond acceptors (Lipinski definition) is 3. The number of para-hydroxylation sites is 2. The van der Waals surface area contributed by atoms with E-state index in [1.807, 2.05) is 50.2 Å². The first-order valence-electron chi connectivity index (χ1n) is 8.79. The van der Waals surface area contributed by atoms with Crippen LogP contribution in [0.1, 0.15) is 25.3 Å². The number of urea groups is 1. The molecule has 26 heavy (non-hydrogen) atoms. The van der Waals surface area contributed by atoms with E-state index in [-0.39, 0.29) is 11.9 Å². The van der Waals surface area contributed by atoms with Gasteiger partial charge in [-0.05, 0) is 50.1 Å². The average Bonchev–Trinajstić information content (AvgIpc) is 3.04. The van der Waals surface area contributed by atoms with E-state index in [0.29, 0.717) is 30.2 Å². The van der Waals surface area contributed by atoms with E-state index in [1.54, 1.807) is 11.0 Å². The number of carbonyl (C=O) groups is 2. The maximum absolute atomic E-state index is 12.4. The highest BCUT2D eigenvalue weighted by molar-refractivity contribution is 6.02. The van der Waals surface area contributed by atoms with Gasteiger partial charge in [0.05, 0.1) is 12.3 Å². The number of hydrogen-bond donors (Lipinski definition) is 2. The molecule has 1 aliphatic heterocycles. The van der Waals surface area contributed by atoms with E-state index in [0.717, 1.165) is 24.2 Å².